The molecule has 0 radical (unpaired) electrons. The van der Waals surface area contributed by atoms with Crippen LogP contribution in [0.25, 0.3) is 0 Å². The molecule has 0 fully saturated rings. The van der Waals surface area contributed by atoms with Crippen LogP contribution in [0.15, 0.2) is 0 Å². The first kappa shape index (κ1) is 15.7. The van der Waals surface area contributed by atoms with E-state index in [4.69, 9.17) is 25.5 Å². The van der Waals surface area contributed by atoms with Crippen LogP contribution in [0.1, 0.15) is 12.8 Å². The van der Waals surface area contributed by atoms with Crippen molar-refractivity contribution < 1.29 is 39.9 Å². The van der Waals surface area contributed by atoms with Crippen LogP contribution in [0.2, 0.25) is 0 Å². The second-order valence-corrected chi connectivity index (χ2v) is 3.37. The van der Waals surface area contributed by atoms with Crippen LogP contribution in [0, 0.1) is 0 Å². The number of carboxylic acids is 1. The van der Waals surface area contributed by atoms with Crippen LogP contribution in [-0.2, 0) is 14.4 Å². The lowest BCUT2D eigenvalue weighted by atomic mass is 10.0. The van der Waals surface area contributed by atoms with Gasteiger partial charge >= 0.3 is 5.97 Å². The molecular formula is C9H14O8. The second-order valence-electron chi connectivity index (χ2n) is 3.37. The number of hydrogen-bond acceptors (Lipinski definition) is 7. The van der Waals surface area contributed by atoms with Crippen molar-refractivity contribution >= 4 is 17.5 Å². The summed E-state index contributed by atoms with van der Waals surface area (Å²) in [6.07, 6.45) is -6.79. The molecule has 0 aliphatic carbocycles. The van der Waals surface area contributed by atoms with E-state index in [0.29, 0.717) is 0 Å². The number of rotatable bonds is 8. The standard InChI is InChI=1S/C9H14O8/c10-3-5(12)8(16)9(17)7(15)4(11)1-2-6(13)14/h4-5,8,10-12,16H,1-3H2,(H,13,14)/t4?,5-,8-/m1/s1. The third kappa shape index (κ3) is 5.00. The Bertz CT molecular complexity index is 299. The number of aliphatic hydroxyl groups is 4. The number of ketones is 2. The van der Waals surface area contributed by atoms with Crippen LogP contribution in [0.3, 0.4) is 0 Å². The molecule has 0 heterocycles. The molecule has 98 valence electrons. The van der Waals surface area contributed by atoms with Gasteiger partial charge in [0, 0.05) is 6.42 Å². The summed E-state index contributed by atoms with van der Waals surface area (Å²) in [6.45, 7) is -0.925. The van der Waals surface area contributed by atoms with Gasteiger partial charge in [-0.2, -0.15) is 0 Å². The molecule has 8 heteroatoms. The lowest BCUT2D eigenvalue weighted by molar-refractivity contribution is -0.151. The Labute approximate surface area is 96.1 Å². The minimum Gasteiger partial charge on any atom is -0.481 e. The number of carboxylic acid groups (broad SMARTS) is 1. The molecule has 0 aromatic rings. The first-order valence-corrected chi connectivity index (χ1v) is 4.76. The van der Waals surface area contributed by atoms with Crippen molar-refractivity contribution in [1.29, 1.82) is 0 Å². The SMILES string of the molecule is O=C(O)CCC(O)C(=O)C(=O)[C@H](O)[C@H](O)CO. The average Bonchev–Trinajstić information content (AvgIpc) is 2.31. The van der Waals surface area contributed by atoms with Crippen molar-refractivity contribution in [3.05, 3.63) is 0 Å². The van der Waals surface area contributed by atoms with E-state index in [1.165, 1.54) is 0 Å². The molecule has 3 atom stereocenters. The van der Waals surface area contributed by atoms with Gasteiger partial charge in [0.2, 0.25) is 11.6 Å². The van der Waals surface area contributed by atoms with Gasteiger partial charge < -0.3 is 25.5 Å². The number of aliphatic carboxylic acids is 1. The van der Waals surface area contributed by atoms with Crippen LogP contribution in [0.4, 0.5) is 0 Å². The third-order valence-corrected chi connectivity index (χ3v) is 2.00. The maximum absolute atomic E-state index is 11.2. The predicted molar refractivity (Wildman–Crippen MR) is 52.0 cm³/mol. The molecule has 8 nitrogen and oxygen atoms in total. The first-order valence-electron chi connectivity index (χ1n) is 4.76. The zero-order valence-corrected chi connectivity index (χ0v) is 8.81. The van der Waals surface area contributed by atoms with Gasteiger partial charge in [0.05, 0.1) is 6.61 Å². The zero-order valence-electron chi connectivity index (χ0n) is 8.81. The van der Waals surface area contributed by atoms with E-state index in [-0.39, 0.29) is 0 Å². The molecule has 0 amide bonds. The van der Waals surface area contributed by atoms with E-state index in [9.17, 15) is 14.4 Å². The van der Waals surface area contributed by atoms with Crippen LogP contribution in [0.5, 0.6) is 0 Å². The molecule has 0 aliphatic rings. The topological polar surface area (TPSA) is 152 Å². The van der Waals surface area contributed by atoms with Gasteiger partial charge in [-0.05, 0) is 6.42 Å². The quantitative estimate of drug-likeness (QED) is 0.287. The molecule has 0 rings (SSSR count). The summed E-state index contributed by atoms with van der Waals surface area (Å²) in [4.78, 5) is 32.5. The number of aliphatic hydroxyl groups excluding tert-OH is 4. The highest BCUT2D eigenvalue weighted by Gasteiger charge is 2.32. The van der Waals surface area contributed by atoms with E-state index in [0.717, 1.165) is 0 Å². The fourth-order valence-corrected chi connectivity index (χ4v) is 0.976. The fourth-order valence-electron chi connectivity index (χ4n) is 0.976. The highest BCUT2D eigenvalue weighted by Crippen LogP contribution is 2.03. The van der Waals surface area contributed by atoms with Gasteiger partial charge in [-0.15, -0.1) is 0 Å². The number of hydrogen-bond donors (Lipinski definition) is 5. The van der Waals surface area contributed by atoms with Crippen molar-refractivity contribution in [3.8, 4) is 0 Å². The molecule has 0 saturated heterocycles. The van der Waals surface area contributed by atoms with Gasteiger partial charge in [0.1, 0.15) is 18.3 Å². The minimum atomic E-state index is -2.13. The smallest absolute Gasteiger partial charge is 0.303 e. The summed E-state index contributed by atoms with van der Waals surface area (Å²) in [6, 6.07) is 0. The van der Waals surface area contributed by atoms with Gasteiger partial charge in [-0.25, -0.2) is 0 Å². The Kier molecular flexibility index (Phi) is 6.51. The molecular weight excluding hydrogens is 236 g/mol. The largest absolute Gasteiger partial charge is 0.481 e. The first-order chi connectivity index (χ1) is 7.81. The Morgan fingerprint density at radius 2 is 1.53 bits per heavy atom. The van der Waals surface area contributed by atoms with E-state index in [1.807, 2.05) is 0 Å². The fraction of sp³-hybridized carbons (Fsp3) is 0.667. The van der Waals surface area contributed by atoms with Crippen molar-refractivity contribution in [2.75, 3.05) is 6.61 Å². The molecule has 1 unspecified atom stereocenters. The average molecular weight is 250 g/mol. The Morgan fingerprint density at radius 1 is 1.00 bits per heavy atom. The van der Waals surface area contributed by atoms with Gasteiger partial charge in [-0.1, -0.05) is 0 Å². The van der Waals surface area contributed by atoms with Crippen LogP contribution < -0.4 is 0 Å². The van der Waals surface area contributed by atoms with E-state index in [1.54, 1.807) is 0 Å². The van der Waals surface area contributed by atoms with E-state index < -0.39 is 55.3 Å². The lowest BCUT2D eigenvalue weighted by Gasteiger charge is -2.15. The summed E-state index contributed by atoms with van der Waals surface area (Å²) in [5.74, 6) is -4.11. The van der Waals surface area contributed by atoms with Crippen LogP contribution in [-0.4, -0.2) is 68.0 Å². The Hall–Kier alpha value is -1.35. The van der Waals surface area contributed by atoms with Crippen molar-refractivity contribution in [2.45, 2.75) is 31.2 Å². The van der Waals surface area contributed by atoms with Crippen molar-refractivity contribution in [1.82, 2.24) is 0 Å². The van der Waals surface area contributed by atoms with Crippen molar-refractivity contribution in [3.63, 3.8) is 0 Å². The molecule has 0 aromatic heterocycles. The van der Waals surface area contributed by atoms with E-state index in [2.05, 4.69) is 0 Å². The second kappa shape index (κ2) is 7.07. The summed E-state index contributed by atoms with van der Waals surface area (Å²) in [7, 11) is 0. The highest BCUT2D eigenvalue weighted by atomic mass is 16.4. The normalized spacial score (nSPS) is 16.0. The Balaban J connectivity index is 4.38. The number of Topliss-reactive ketones (excluding diaryl/α,β-unsaturated/α-hetero) is 2. The van der Waals surface area contributed by atoms with Gasteiger partial charge in [0.15, 0.2) is 0 Å². The highest BCUT2D eigenvalue weighted by molar-refractivity contribution is 6.40. The van der Waals surface area contributed by atoms with E-state index >= 15 is 0 Å². The van der Waals surface area contributed by atoms with Crippen LogP contribution >= 0.6 is 0 Å². The summed E-state index contributed by atoms with van der Waals surface area (Å²) in [5, 5.41) is 43.8. The number of carbonyl (C=O) groups is 3. The minimum absolute atomic E-state index is 0.470. The maximum atomic E-state index is 11.2. The zero-order chi connectivity index (χ0) is 13.6. The summed E-state index contributed by atoms with van der Waals surface area (Å²) >= 11 is 0. The molecule has 0 saturated carbocycles. The molecule has 17 heavy (non-hydrogen) atoms. The monoisotopic (exact) mass is 250 g/mol. The maximum Gasteiger partial charge on any atom is 0.303 e. The third-order valence-electron chi connectivity index (χ3n) is 2.00. The number of carbonyl (C=O) groups excluding carboxylic acids is 2. The van der Waals surface area contributed by atoms with Crippen molar-refractivity contribution in [2.24, 2.45) is 0 Å². The molecule has 0 spiro atoms. The lowest BCUT2D eigenvalue weighted by Crippen LogP contribution is -2.43. The van der Waals surface area contributed by atoms with Gasteiger partial charge in [0.25, 0.3) is 0 Å². The van der Waals surface area contributed by atoms with Gasteiger partial charge in [-0.3, -0.25) is 14.4 Å². The Morgan fingerprint density at radius 3 is 1.94 bits per heavy atom. The molecule has 0 aromatic carbocycles. The molecule has 5 N–H and O–H groups in total. The molecule has 0 aliphatic heterocycles. The predicted octanol–water partition coefficient (Wildman–Crippen LogP) is -2.94. The summed E-state index contributed by atoms with van der Waals surface area (Å²) < 4.78 is 0. The summed E-state index contributed by atoms with van der Waals surface area (Å²) in [5.41, 5.74) is 0. The molecule has 0 bridgehead atoms.